The zero-order valence-electron chi connectivity index (χ0n) is 10.1. The Hall–Kier alpha value is -1.62. The number of hydrogen-bond acceptors (Lipinski definition) is 3. The fourth-order valence-corrected chi connectivity index (χ4v) is 2.08. The molecule has 1 atom stereocenters. The van der Waals surface area contributed by atoms with Crippen LogP contribution in [0.5, 0.6) is 0 Å². The second-order valence-electron chi connectivity index (χ2n) is 4.26. The minimum atomic E-state index is -0.386. The van der Waals surface area contributed by atoms with Gasteiger partial charge in [0.1, 0.15) is 0 Å². The van der Waals surface area contributed by atoms with Gasteiger partial charge in [-0.3, -0.25) is 9.48 Å². The van der Waals surface area contributed by atoms with Gasteiger partial charge in [-0.05, 0) is 25.2 Å². The fourth-order valence-electron chi connectivity index (χ4n) is 1.82. The maximum atomic E-state index is 11.7. The van der Waals surface area contributed by atoms with E-state index in [-0.39, 0.29) is 11.6 Å². The van der Waals surface area contributed by atoms with Crippen LogP contribution in [0.1, 0.15) is 29.8 Å². The highest BCUT2D eigenvalue weighted by Gasteiger charge is 2.14. The Labute approximate surface area is 111 Å². The van der Waals surface area contributed by atoms with Crippen LogP contribution in [0, 0.1) is 5.92 Å². The average molecular weight is 267 g/mol. The van der Waals surface area contributed by atoms with Crippen molar-refractivity contribution in [2.24, 2.45) is 18.1 Å². The summed E-state index contributed by atoms with van der Waals surface area (Å²) in [5, 5.41) is 8.24. The summed E-state index contributed by atoms with van der Waals surface area (Å²) in [4.78, 5) is 11.7. The van der Waals surface area contributed by atoms with Crippen LogP contribution in [0.2, 0.25) is 5.02 Å². The van der Waals surface area contributed by atoms with E-state index in [0.717, 1.165) is 19.3 Å². The number of hydrazone groups is 1. The number of nitrogens with one attached hydrogen (secondary N) is 1. The zero-order valence-corrected chi connectivity index (χ0v) is 10.9. The molecule has 2 rings (SSSR count). The molecule has 0 aromatic carbocycles. The van der Waals surface area contributed by atoms with Gasteiger partial charge >= 0.3 is 0 Å². The van der Waals surface area contributed by atoms with Crippen LogP contribution in [0.4, 0.5) is 0 Å². The Morgan fingerprint density at radius 3 is 3.11 bits per heavy atom. The van der Waals surface area contributed by atoms with Gasteiger partial charge in [-0.15, -0.1) is 0 Å². The van der Waals surface area contributed by atoms with E-state index in [1.54, 1.807) is 19.5 Å². The van der Waals surface area contributed by atoms with Crippen molar-refractivity contribution in [2.45, 2.75) is 19.3 Å². The lowest BCUT2D eigenvalue weighted by Crippen LogP contribution is -2.20. The van der Waals surface area contributed by atoms with Crippen LogP contribution in [0.15, 0.2) is 23.5 Å². The number of nitrogens with zero attached hydrogens (tertiary/aromatic N) is 3. The van der Waals surface area contributed by atoms with Crippen molar-refractivity contribution in [1.82, 2.24) is 15.2 Å². The van der Waals surface area contributed by atoms with Crippen LogP contribution in [-0.2, 0) is 7.05 Å². The van der Waals surface area contributed by atoms with Gasteiger partial charge in [0.2, 0.25) is 0 Å². The van der Waals surface area contributed by atoms with Crippen molar-refractivity contribution < 1.29 is 4.79 Å². The highest BCUT2D eigenvalue weighted by Crippen LogP contribution is 2.16. The van der Waals surface area contributed by atoms with Gasteiger partial charge in [-0.1, -0.05) is 23.8 Å². The summed E-state index contributed by atoms with van der Waals surface area (Å²) in [5.74, 6) is 0.0118. The topological polar surface area (TPSA) is 59.3 Å². The molecule has 1 amide bonds. The average Bonchev–Trinajstić information content (AvgIpc) is 2.70. The Morgan fingerprint density at radius 1 is 1.67 bits per heavy atom. The fraction of sp³-hybridized carbons (Fsp3) is 0.417. The van der Waals surface area contributed by atoms with Gasteiger partial charge < -0.3 is 0 Å². The van der Waals surface area contributed by atoms with Crippen molar-refractivity contribution in [3.8, 4) is 0 Å². The van der Waals surface area contributed by atoms with Gasteiger partial charge in [0.05, 0.1) is 5.02 Å². The smallest absolute Gasteiger partial charge is 0.273 e. The Morgan fingerprint density at radius 2 is 2.50 bits per heavy atom. The Kier molecular flexibility index (Phi) is 4.15. The molecule has 0 saturated heterocycles. The number of carbonyl (C=O) groups excluding carboxylic acids is 1. The molecule has 0 aliphatic heterocycles. The van der Waals surface area contributed by atoms with Gasteiger partial charge in [-0.2, -0.15) is 10.2 Å². The Balaban J connectivity index is 1.90. The summed E-state index contributed by atoms with van der Waals surface area (Å²) in [7, 11) is 1.71. The third kappa shape index (κ3) is 3.20. The number of amides is 1. The summed E-state index contributed by atoms with van der Waals surface area (Å²) < 4.78 is 1.49. The summed E-state index contributed by atoms with van der Waals surface area (Å²) in [6, 6.07) is 0. The third-order valence-electron chi connectivity index (χ3n) is 2.76. The summed E-state index contributed by atoms with van der Waals surface area (Å²) in [6.07, 6.45) is 10.8. The molecule has 0 fully saturated rings. The first-order valence-electron chi connectivity index (χ1n) is 5.84. The summed E-state index contributed by atoms with van der Waals surface area (Å²) >= 11 is 5.86. The molecule has 1 aliphatic carbocycles. The number of rotatable bonds is 3. The lowest BCUT2D eigenvalue weighted by Gasteiger charge is -2.11. The number of allylic oxidation sites excluding steroid dienone is 2. The number of hydrogen-bond donors (Lipinski definition) is 1. The van der Waals surface area contributed by atoms with Crippen LogP contribution >= 0.6 is 11.6 Å². The molecule has 18 heavy (non-hydrogen) atoms. The molecule has 96 valence electrons. The first-order chi connectivity index (χ1) is 8.66. The summed E-state index contributed by atoms with van der Waals surface area (Å²) in [6.45, 7) is 0. The monoisotopic (exact) mass is 266 g/mol. The molecule has 1 aromatic rings. The standard InChI is InChI=1S/C12H15ClN4O/c1-17-8-10(13)11(16-17)12(18)15-14-7-9-5-3-2-4-6-9/h2-3,7-9H,4-6H2,1H3,(H,15,18). The maximum Gasteiger partial charge on any atom is 0.293 e. The minimum absolute atomic E-state index is 0.194. The van der Waals surface area contributed by atoms with E-state index in [1.807, 2.05) is 0 Å². The molecule has 5 nitrogen and oxygen atoms in total. The van der Waals surface area contributed by atoms with E-state index < -0.39 is 0 Å². The number of carbonyl (C=O) groups is 1. The molecule has 1 N–H and O–H groups in total. The Bertz CT molecular complexity index is 492. The SMILES string of the molecule is Cn1cc(Cl)c(C(=O)NN=CC2CC=CCC2)n1. The lowest BCUT2D eigenvalue weighted by molar-refractivity contribution is 0.0949. The first kappa shape index (κ1) is 12.8. The van der Waals surface area contributed by atoms with E-state index in [0.29, 0.717) is 10.9 Å². The number of aryl methyl sites for hydroxylation is 1. The van der Waals surface area contributed by atoms with Crippen molar-refractivity contribution in [2.75, 3.05) is 0 Å². The van der Waals surface area contributed by atoms with Crippen LogP contribution in [0.25, 0.3) is 0 Å². The predicted molar refractivity (Wildman–Crippen MR) is 70.7 cm³/mol. The van der Waals surface area contributed by atoms with Crippen molar-refractivity contribution in [1.29, 1.82) is 0 Å². The zero-order chi connectivity index (χ0) is 13.0. The van der Waals surface area contributed by atoms with E-state index in [9.17, 15) is 4.79 Å². The molecule has 0 spiro atoms. The molecule has 1 heterocycles. The molecule has 0 saturated carbocycles. The molecule has 6 heteroatoms. The molecule has 1 aliphatic rings. The van der Waals surface area contributed by atoms with Crippen LogP contribution in [0.3, 0.4) is 0 Å². The minimum Gasteiger partial charge on any atom is -0.273 e. The van der Waals surface area contributed by atoms with Crippen molar-refractivity contribution in [3.05, 3.63) is 29.1 Å². The predicted octanol–water partition coefficient (Wildman–Crippen LogP) is 2.15. The van der Waals surface area contributed by atoms with E-state index in [1.165, 1.54) is 4.68 Å². The lowest BCUT2D eigenvalue weighted by atomic mass is 9.96. The van der Waals surface area contributed by atoms with E-state index >= 15 is 0 Å². The number of halogens is 1. The molecule has 0 radical (unpaired) electrons. The largest absolute Gasteiger partial charge is 0.293 e. The molecule has 0 bridgehead atoms. The molecule has 1 unspecified atom stereocenters. The summed E-state index contributed by atoms with van der Waals surface area (Å²) in [5.41, 5.74) is 2.64. The van der Waals surface area contributed by atoms with Gasteiger partial charge in [0.25, 0.3) is 5.91 Å². The van der Waals surface area contributed by atoms with Crippen LogP contribution in [-0.4, -0.2) is 21.9 Å². The molecular formula is C12H15ClN4O. The van der Waals surface area contributed by atoms with Gasteiger partial charge in [0.15, 0.2) is 5.69 Å². The first-order valence-corrected chi connectivity index (χ1v) is 6.22. The van der Waals surface area contributed by atoms with E-state index in [4.69, 9.17) is 11.6 Å². The van der Waals surface area contributed by atoms with Crippen molar-refractivity contribution in [3.63, 3.8) is 0 Å². The maximum absolute atomic E-state index is 11.7. The van der Waals surface area contributed by atoms with Crippen molar-refractivity contribution >= 4 is 23.7 Å². The third-order valence-corrected chi connectivity index (χ3v) is 3.04. The highest BCUT2D eigenvalue weighted by molar-refractivity contribution is 6.33. The second-order valence-corrected chi connectivity index (χ2v) is 4.67. The van der Waals surface area contributed by atoms with Gasteiger partial charge in [-0.25, -0.2) is 5.43 Å². The number of aromatic nitrogens is 2. The van der Waals surface area contributed by atoms with Crippen LogP contribution < -0.4 is 5.43 Å². The molecule has 1 aromatic heterocycles. The highest BCUT2D eigenvalue weighted by atomic mass is 35.5. The van der Waals surface area contributed by atoms with E-state index in [2.05, 4.69) is 27.8 Å². The van der Waals surface area contributed by atoms with Gasteiger partial charge in [0, 0.05) is 19.5 Å². The molecular weight excluding hydrogens is 252 g/mol. The second kappa shape index (κ2) is 5.82. The quantitative estimate of drug-likeness (QED) is 0.518. The normalized spacial score (nSPS) is 19.3.